The second-order valence-electron chi connectivity index (χ2n) is 25.0. The highest BCUT2D eigenvalue weighted by Gasteiger charge is 2.41. The van der Waals surface area contributed by atoms with Gasteiger partial charge in [-0.2, -0.15) is 0 Å². The highest BCUT2D eigenvalue weighted by atomic mass is 35.5. The number of nitrogens with zero attached hydrogens (tertiary/aromatic N) is 6. The molecule has 0 radical (unpaired) electrons. The number of likely N-dealkylation sites (tertiary alicyclic amines) is 1. The van der Waals surface area contributed by atoms with Crippen molar-refractivity contribution in [3.8, 4) is 0 Å². The molecule has 0 aliphatic carbocycles. The molecule has 0 spiro atoms. The Morgan fingerprint density at radius 1 is 0.703 bits per heavy atom. The van der Waals surface area contributed by atoms with E-state index >= 15 is 9.59 Å². The molecule has 33 nitrogen and oxygen atoms in total. The number of aliphatic carboxylic acids is 1. The number of guanidine groups is 1. The Balaban J connectivity index is 1.45. The van der Waals surface area contributed by atoms with E-state index < -0.39 is 150 Å². The summed E-state index contributed by atoms with van der Waals surface area (Å²) in [5.74, 6) is -13.1. The van der Waals surface area contributed by atoms with Crippen LogP contribution in [0.2, 0.25) is 5.02 Å². The van der Waals surface area contributed by atoms with E-state index in [2.05, 4.69) is 73.2 Å². The summed E-state index contributed by atoms with van der Waals surface area (Å²) >= 11 is 6.21. The Kier molecular flexibility index (Phi) is 31.1. The van der Waals surface area contributed by atoms with Crippen LogP contribution in [0.25, 0.3) is 21.2 Å². The lowest BCUT2D eigenvalue weighted by Crippen LogP contribution is -2.61. The van der Waals surface area contributed by atoms with Gasteiger partial charge in [0, 0.05) is 87.5 Å². The van der Waals surface area contributed by atoms with E-state index in [9.17, 15) is 63.4 Å². The first kappa shape index (κ1) is 79.2. The second-order valence-corrected chi connectivity index (χ2v) is 25.5. The minimum Gasteiger partial charge on any atom is -0.480 e. The van der Waals surface area contributed by atoms with E-state index in [1.165, 1.54) is 29.4 Å². The van der Waals surface area contributed by atoms with Crippen LogP contribution in [-0.4, -0.2) is 184 Å². The summed E-state index contributed by atoms with van der Waals surface area (Å²) in [6, 6.07) is 6.62. The number of halogens is 1. The van der Waals surface area contributed by atoms with E-state index in [4.69, 9.17) is 28.8 Å². The standard InChI is InChI=1S/C67H88ClN19O14/c1-37(2)29-48-59(93)78-47(65(99)87-28-10-16-54(87)64(98)84-53(35-69)66(100)101)14-6-7-26-74-55(89)24-23-46(76-38(3)88)58(92)80-49(31-39-18-21-44(68)22-19-39)60(94)82-51(33-41-11-8-25-73-36-41)62(96)83-52(34-56(90)85-86-72)63(97)77-45(15-9-27-75-67(70)71)57(91)81-50(61(95)79-48)32-40-17-20-42-12-4-5-13-43(42)30-40/h4-5,8,11-13,17-22,25,30,36-37,45-54H,6-7,9-10,14-16,23-24,26-29,31-35,69H2,1-3H3,(H,74,89)(H,76,88)(H,77,97)(H,78,93)(H,79,95)(H,80,92)(H,81,91)(H,82,94)(H,83,96)(H,84,98)(H,100,101)(H4,70,71,75)/t45-,46+,47-,48-,49+,50+,51+,52-,53-,54-/m0/s1. The lowest BCUT2D eigenvalue weighted by atomic mass is 9.98. The fraction of sp³-hybridized carbons (Fsp3) is 0.478. The van der Waals surface area contributed by atoms with Crippen molar-refractivity contribution in [2.24, 2.45) is 33.2 Å². The molecule has 542 valence electrons. The summed E-state index contributed by atoms with van der Waals surface area (Å²) in [7, 11) is 0. The number of carbonyl (C=O) groups is 13. The fourth-order valence-electron chi connectivity index (χ4n) is 11.5. The van der Waals surface area contributed by atoms with E-state index in [1.807, 2.05) is 18.2 Å². The number of carboxylic acid groups (broad SMARTS) is 1. The number of rotatable bonds is 20. The van der Waals surface area contributed by atoms with Crippen molar-refractivity contribution >= 4 is 105 Å². The number of carboxylic acids is 1. The van der Waals surface area contributed by atoms with Crippen LogP contribution in [0.3, 0.4) is 0 Å². The van der Waals surface area contributed by atoms with Gasteiger partial charge in [0.25, 0.3) is 0 Å². The quantitative estimate of drug-likeness (QED) is 0.0135. The maximum Gasteiger partial charge on any atom is 0.327 e. The number of hydrogen-bond donors (Lipinski definition) is 14. The number of carbonyl (C=O) groups excluding carboxylic acids is 12. The minimum absolute atomic E-state index is 0.00571. The van der Waals surface area contributed by atoms with E-state index in [-0.39, 0.29) is 109 Å². The largest absolute Gasteiger partial charge is 0.480 e. The van der Waals surface area contributed by atoms with Crippen LogP contribution >= 0.6 is 11.6 Å². The van der Waals surface area contributed by atoms with Crippen LogP contribution in [-0.2, 0) is 81.6 Å². The van der Waals surface area contributed by atoms with Crippen molar-refractivity contribution in [1.29, 1.82) is 0 Å². The third-order valence-electron chi connectivity index (χ3n) is 16.7. The Morgan fingerprint density at radius 2 is 1.30 bits per heavy atom. The molecular formula is C67H88ClN19O14. The number of azide groups is 1. The average molecular weight is 1420 g/mol. The molecule has 0 saturated carbocycles. The summed E-state index contributed by atoms with van der Waals surface area (Å²) in [5, 5.41) is 41.0. The van der Waals surface area contributed by atoms with E-state index in [0.29, 0.717) is 28.1 Å². The molecule has 3 aromatic carbocycles. The molecule has 2 fully saturated rings. The van der Waals surface area contributed by atoms with Gasteiger partial charge in [-0.3, -0.25) is 67.5 Å². The van der Waals surface area contributed by atoms with Gasteiger partial charge in [-0.1, -0.05) is 86.1 Å². The van der Waals surface area contributed by atoms with Gasteiger partial charge < -0.3 is 80.4 Å². The molecule has 17 N–H and O–H groups in total. The van der Waals surface area contributed by atoms with E-state index in [1.54, 1.807) is 62.4 Å². The Bertz CT molecular complexity index is 3700. The molecule has 101 heavy (non-hydrogen) atoms. The molecule has 2 saturated heterocycles. The molecule has 2 aliphatic heterocycles. The smallest absolute Gasteiger partial charge is 0.327 e. The lowest BCUT2D eigenvalue weighted by molar-refractivity contribution is -0.145. The molecule has 4 aromatic rings. The second kappa shape index (κ2) is 39.7. The first-order valence-electron chi connectivity index (χ1n) is 33.2. The zero-order valence-corrected chi connectivity index (χ0v) is 57.0. The van der Waals surface area contributed by atoms with Crippen LogP contribution in [0, 0.1) is 5.92 Å². The molecule has 10 atom stereocenters. The van der Waals surface area contributed by atoms with Crippen LogP contribution in [0.5, 0.6) is 0 Å². The summed E-state index contributed by atoms with van der Waals surface area (Å²) in [6.45, 7) is 4.13. The molecule has 12 amide bonds. The zero-order valence-electron chi connectivity index (χ0n) is 56.3. The van der Waals surface area contributed by atoms with Gasteiger partial charge in [-0.25, -0.2) is 4.79 Å². The zero-order chi connectivity index (χ0) is 73.7. The minimum atomic E-state index is -1.99. The van der Waals surface area contributed by atoms with Gasteiger partial charge in [-0.05, 0) is 120 Å². The highest BCUT2D eigenvalue weighted by molar-refractivity contribution is 6.30. The number of aromatic nitrogens is 1. The highest BCUT2D eigenvalue weighted by Crippen LogP contribution is 2.23. The van der Waals surface area contributed by atoms with Crippen molar-refractivity contribution < 1.29 is 67.4 Å². The van der Waals surface area contributed by atoms with Crippen LogP contribution in [0.1, 0.15) is 108 Å². The number of pyridine rings is 1. The van der Waals surface area contributed by atoms with Gasteiger partial charge in [0.15, 0.2) is 5.96 Å². The first-order valence-corrected chi connectivity index (χ1v) is 33.5. The number of nitrogens with one attached hydrogen (secondary N) is 10. The Hall–Kier alpha value is -10.8. The first-order chi connectivity index (χ1) is 48.2. The van der Waals surface area contributed by atoms with Crippen molar-refractivity contribution in [2.75, 3.05) is 26.2 Å². The molecule has 6 rings (SSSR count). The van der Waals surface area contributed by atoms with E-state index in [0.717, 1.165) is 17.7 Å². The maximum atomic E-state index is 15.2. The Morgan fingerprint density at radius 3 is 1.92 bits per heavy atom. The van der Waals surface area contributed by atoms with Crippen LogP contribution in [0.15, 0.2) is 101 Å². The fourth-order valence-corrected chi connectivity index (χ4v) is 11.7. The topological polar surface area (TPSA) is 518 Å². The molecule has 0 bridgehead atoms. The number of nitrogens with two attached hydrogens (primary N) is 3. The number of amides is 12. The predicted octanol–water partition coefficient (Wildman–Crippen LogP) is -0.260. The van der Waals surface area contributed by atoms with Gasteiger partial charge in [0.2, 0.25) is 70.9 Å². The predicted molar refractivity (Wildman–Crippen MR) is 369 cm³/mol. The van der Waals surface area contributed by atoms with Gasteiger partial charge in [0.05, 0.1) is 0 Å². The van der Waals surface area contributed by atoms with Gasteiger partial charge in [0.1, 0.15) is 60.4 Å². The molecule has 1 aromatic heterocycles. The number of benzene rings is 3. The Labute approximate surface area is 587 Å². The molecule has 3 heterocycles. The lowest BCUT2D eigenvalue weighted by Gasteiger charge is -2.31. The van der Waals surface area contributed by atoms with Gasteiger partial charge in [-0.15, -0.1) is 0 Å². The third-order valence-corrected chi connectivity index (χ3v) is 16.9. The van der Waals surface area contributed by atoms with Crippen molar-refractivity contribution in [2.45, 2.75) is 171 Å². The molecule has 0 unspecified atom stereocenters. The number of aliphatic imine (C=N–C) groups is 1. The monoisotopic (exact) mass is 1420 g/mol. The summed E-state index contributed by atoms with van der Waals surface area (Å²) in [6.07, 6.45) is 0.660. The normalized spacial score (nSPS) is 22.4. The van der Waals surface area contributed by atoms with Crippen molar-refractivity contribution in [3.05, 3.63) is 123 Å². The maximum absolute atomic E-state index is 15.2. The van der Waals surface area contributed by atoms with Crippen LogP contribution in [0.4, 0.5) is 0 Å². The van der Waals surface area contributed by atoms with Crippen LogP contribution < -0.4 is 70.4 Å². The SMILES string of the molecule is CC(=O)N[C@@H]1CCC(=O)NCCCC[C@@H](C(=O)N2CCC[C@H]2C(=O)N[C@@H](CN)C(=O)O)NC(=O)[C@H](CC(C)C)NC(=O)[C@@H](Cc2ccc3ccccc3c2)NC(=O)[C@H](CCCN=C(N)N)NC(=O)[C@H](CC(=O)N=[N+]=[N-])NC(=O)[C@@H](Cc2cccnc2)NC(=O)[C@@H](Cc2ccc(Cl)cc2)NC1=O. The summed E-state index contributed by atoms with van der Waals surface area (Å²) in [4.78, 5) is 196. The van der Waals surface area contributed by atoms with Crippen molar-refractivity contribution in [3.63, 3.8) is 0 Å². The molecular weight excluding hydrogens is 1330 g/mol. The van der Waals surface area contributed by atoms with Crippen molar-refractivity contribution in [1.82, 2.24) is 63.1 Å². The average Bonchev–Trinajstić information content (AvgIpc) is 1.82. The summed E-state index contributed by atoms with van der Waals surface area (Å²) in [5.41, 5.74) is 27.6. The number of hydrogen-bond acceptors (Lipinski definition) is 16. The van der Waals surface area contributed by atoms with Gasteiger partial charge >= 0.3 is 5.97 Å². The summed E-state index contributed by atoms with van der Waals surface area (Å²) < 4.78 is 0. The third kappa shape index (κ3) is 25.8. The molecule has 34 heteroatoms. The number of fused-ring (bicyclic) bond motifs is 1. The molecule has 2 aliphatic rings.